The van der Waals surface area contributed by atoms with Gasteiger partial charge < -0.3 is 0 Å². The molecule has 0 fully saturated rings. The third kappa shape index (κ3) is 117000. The summed E-state index contributed by atoms with van der Waals surface area (Å²) in [6, 6.07) is 0. The third-order valence-electron chi connectivity index (χ3n) is 0. The molecule has 43 heteroatoms. The fraction of sp³-hybridized carbons (Fsp3) is 0.667. The molecule has 0 atom stereocenters. The minimum absolute atomic E-state index is 0. The van der Waals surface area contributed by atoms with E-state index >= 15 is 0 Å². The van der Waals surface area contributed by atoms with E-state index in [0.29, 0.717) is 0 Å². The van der Waals surface area contributed by atoms with Crippen molar-refractivity contribution in [1.82, 2.24) is 0 Å². The van der Waals surface area contributed by atoms with E-state index < -0.39 is 46.9 Å². The molecule has 0 aromatic rings. The van der Waals surface area contributed by atoms with E-state index in [-0.39, 0.29) is 28.6 Å². The molecular formula is C3H6F36P6Sn. The van der Waals surface area contributed by atoms with Crippen LogP contribution in [0.3, 0.4) is 0 Å². The molecule has 0 aliphatic rings. The molecule has 0 saturated heterocycles. The molecule has 0 N–H and O–H groups in total. The second-order valence-corrected chi connectivity index (χ2v) is 20.6. The molecule has 46 heavy (non-hydrogen) atoms. The molecule has 0 heterocycles. The van der Waals surface area contributed by atoms with E-state index in [1.54, 1.807) is 0 Å². The number of rotatable bonds is 0. The zero-order valence-electron chi connectivity index (χ0n) is 19.3. The first-order valence-electron chi connectivity index (χ1n) is 7.09. The second kappa shape index (κ2) is 10.9. The summed E-state index contributed by atoms with van der Waals surface area (Å²) in [5.41, 5.74) is 0. The van der Waals surface area contributed by atoms with Crippen LogP contribution in [0.25, 0.3) is 0 Å². The Hall–Kier alpha value is 0.859. The Kier molecular flexibility index (Phi) is 15.5. The van der Waals surface area contributed by atoms with Crippen LogP contribution in [-0.2, 0) is 0 Å². The summed E-state index contributed by atoms with van der Waals surface area (Å²) < 4.78 is 355. The summed E-state index contributed by atoms with van der Waals surface area (Å²) >= 11 is 0.230. The van der Waals surface area contributed by atoms with Crippen molar-refractivity contribution in [3.63, 3.8) is 0 Å². The topological polar surface area (TPSA) is 0 Å². The van der Waals surface area contributed by atoms with Gasteiger partial charge in [0.25, 0.3) is 0 Å². The van der Waals surface area contributed by atoms with Crippen LogP contribution in [0, 0.1) is 7.43 Å². The predicted octanol–water partition coefficient (Wildman–Crippen LogP) is 21.2. The van der Waals surface area contributed by atoms with E-state index in [1.807, 2.05) is 0 Å². The van der Waals surface area contributed by atoms with E-state index in [4.69, 9.17) is 0 Å². The molecule has 0 saturated carbocycles. The van der Waals surface area contributed by atoms with Gasteiger partial charge in [0.2, 0.25) is 0 Å². The van der Waals surface area contributed by atoms with Gasteiger partial charge in [-0.3, -0.25) is 0 Å². The van der Waals surface area contributed by atoms with Crippen molar-refractivity contribution in [3.05, 3.63) is 7.43 Å². The molecule has 304 valence electrons. The molecule has 0 aliphatic heterocycles. The SMILES string of the molecule is F[P-](F)(F)(F)(F)F.F[P-](F)(F)(F)(F)F.F[P-](F)(F)(F)(F)F.F[P-](F)(F)(F)(F)F.F[P-](F)(F)(F)(F)F.F[P-](F)(F)(F)(F)F.[C+4].[CH3][Sn+2][CH3]. The van der Waals surface area contributed by atoms with Gasteiger partial charge in [0.05, 0.1) is 0 Å². The molecular weight excluding hydrogens is 1020 g/mol. The van der Waals surface area contributed by atoms with Gasteiger partial charge in [0, 0.05) is 0 Å². The van der Waals surface area contributed by atoms with Gasteiger partial charge in [0.15, 0.2) is 0 Å². The summed E-state index contributed by atoms with van der Waals surface area (Å²) in [7, 11) is -63.9. The van der Waals surface area contributed by atoms with Crippen molar-refractivity contribution in [2.24, 2.45) is 0 Å². The zero-order valence-corrected chi connectivity index (χ0v) is 27.5. The van der Waals surface area contributed by atoms with Gasteiger partial charge in [0.1, 0.15) is 0 Å². The first kappa shape index (κ1) is 65.3. The quantitative estimate of drug-likeness (QED) is 0.129. The van der Waals surface area contributed by atoms with Gasteiger partial charge in [-0.2, -0.15) is 0 Å². The van der Waals surface area contributed by atoms with Gasteiger partial charge in [-0.25, -0.2) is 0 Å². The van der Waals surface area contributed by atoms with Crippen molar-refractivity contribution >= 4 is 68.0 Å². The van der Waals surface area contributed by atoms with Crippen molar-refractivity contribution in [3.8, 4) is 0 Å². The molecule has 0 unspecified atom stereocenters. The Morgan fingerprint density at radius 2 is 0.196 bits per heavy atom. The van der Waals surface area contributed by atoms with Crippen LogP contribution in [0.5, 0.6) is 0 Å². The van der Waals surface area contributed by atoms with Crippen LogP contribution in [0.1, 0.15) is 0 Å². The Bertz CT molecular complexity index is 648. The summed E-state index contributed by atoms with van der Waals surface area (Å²) in [5.74, 6) is 0. The van der Waals surface area contributed by atoms with Crippen molar-refractivity contribution in [2.45, 2.75) is 9.88 Å². The maximum absolute atomic E-state index is 10.7. The van der Waals surface area contributed by atoms with Crippen LogP contribution in [0.4, 0.5) is 151 Å². The predicted molar refractivity (Wildman–Crippen MR) is 102 cm³/mol. The molecule has 0 aromatic carbocycles. The molecule has 0 nitrogen and oxygen atoms in total. The van der Waals surface area contributed by atoms with Crippen LogP contribution in [-0.4, -0.2) is 21.1 Å². The molecule has 0 aliphatic carbocycles. The Morgan fingerprint density at radius 3 is 0.196 bits per heavy atom. The molecule has 0 amide bonds. The Balaban J connectivity index is -0.0000000614. The number of hydrogen-bond acceptors (Lipinski definition) is 0. The van der Waals surface area contributed by atoms with Crippen LogP contribution < -0.4 is 0 Å². The van der Waals surface area contributed by atoms with Crippen molar-refractivity contribution in [1.29, 1.82) is 0 Å². The average molecular weight is 1030 g/mol. The summed E-state index contributed by atoms with van der Waals surface area (Å²) in [4.78, 5) is 4.59. The van der Waals surface area contributed by atoms with Gasteiger partial charge in [-0.1, -0.05) is 0 Å². The number of hydrogen-bond donors (Lipinski definition) is 0. The Labute approximate surface area is 237 Å². The minimum atomic E-state index is -10.7. The monoisotopic (exact) mass is 1030 g/mol. The van der Waals surface area contributed by atoms with E-state index in [0.717, 1.165) is 0 Å². The molecule has 0 aromatic heterocycles. The number of halogens is 36. The maximum atomic E-state index is 9.87. The van der Waals surface area contributed by atoms with Crippen LogP contribution in [0.2, 0.25) is 9.88 Å². The zero-order chi connectivity index (χ0) is 41.2. The molecule has 0 radical (unpaired) electrons. The van der Waals surface area contributed by atoms with E-state index in [1.165, 1.54) is 0 Å². The van der Waals surface area contributed by atoms with Gasteiger partial charge >= 0.3 is 236 Å². The molecule has 0 spiro atoms. The Morgan fingerprint density at radius 1 is 0.196 bits per heavy atom. The fourth-order valence-electron chi connectivity index (χ4n) is 0. The van der Waals surface area contributed by atoms with Crippen LogP contribution >= 0.6 is 46.9 Å². The van der Waals surface area contributed by atoms with Crippen LogP contribution in [0.15, 0.2) is 0 Å². The molecule has 0 bridgehead atoms. The van der Waals surface area contributed by atoms with Gasteiger partial charge in [-0.05, 0) is 0 Å². The first-order valence-corrected chi connectivity index (χ1v) is 25.0. The fourth-order valence-corrected chi connectivity index (χ4v) is 0. The third-order valence-corrected chi connectivity index (χ3v) is 0. The van der Waals surface area contributed by atoms with Crippen molar-refractivity contribution in [2.75, 3.05) is 0 Å². The van der Waals surface area contributed by atoms with E-state index in [9.17, 15) is 151 Å². The first-order chi connectivity index (χ1) is 16.1. The normalized spacial score (nSPS) is 21.3. The summed E-state index contributed by atoms with van der Waals surface area (Å²) in [6.45, 7) is 0. The average Bonchev–Trinajstić information content (AvgIpc) is 1.93. The summed E-state index contributed by atoms with van der Waals surface area (Å²) in [5, 5.41) is 0. The second-order valence-electron chi connectivity index (χ2n) is 6.25. The summed E-state index contributed by atoms with van der Waals surface area (Å²) in [6.07, 6.45) is 0. The van der Waals surface area contributed by atoms with E-state index in [2.05, 4.69) is 9.88 Å². The van der Waals surface area contributed by atoms with Gasteiger partial charge in [-0.15, -0.1) is 0 Å². The standard InChI is InChI=1S/2CH3.C.6F6P.Sn/c;;;6*1-7(2,3,4,5)6;/h2*1H3;;;;;;;;/q;;+4;6*-1;+2. The molecule has 0 rings (SSSR count). The van der Waals surface area contributed by atoms with Crippen molar-refractivity contribution < 1.29 is 151 Å².